The summed E-state index contributed by atoms with van der Waals surface area (Å²) in [7, 11) is 0. The third-order valence-corrected chi connectivity index (χ3v) is 7.35. The van der Waals surface area contributed by atoms with Crippen LogP contribution in [0.1, 0.15) is 0 Å². The number of rotatable bonds is 1. The van der Waals surface area contributed by atoms with Crippen molar-refractivity contribution in [3.8, 4) is 0 Å². The van der Waals surface area contributed by atoms with E-state index in [0.29, 0.717) is 26.0 Å². The van der Waals surface area contributed by atoms with Gasteiger partial charge in [-0.2, -0.15) is 0 Å². The topological polar surface area (TPSA) is 0 Å². The van der Waals surface area contributed by atoms with Gasteiger partial charge in [0.2, 0.25) is 0 Å². The van der Waals surface area contributed by atoms with Crippen molar-refractivity contribution in [2.45, 2.75) is 4.97 Å². The van der Waals surface area contributed by atoms with Crippen molar-refractivity contribution in [2.75, 3.05) is 13.3 Å². The zero-order valence-corrected chi connectivity index (χ0v) is 7.08. The second kappa shape index (κ2) is 3.41. The second-order valence-electron chi connectivity index (χ2n) is 0.995. The quantitative estimate of drug-likeness (QED) is 0.447. The Kier molecular flexibility index (Phi) is 4.24. The van der Waals surface area contributed by atoms with Crippen LogP contribution in [-0.2, 0) is 0 Å². The predicted molar refractivity (Wildman–Crippen MR) is 30.4 cm³/mol. The average Bonchev–Trinajstić information content (AvgIpc) is 1.38. The molecule has 0 aromatic heterocycles. The fraction of sp³-hybridized carbons (Fsp3) is 1.00. The molecular weight excluding hydrogens is 195 g/mol. The molecule has 0 saturated heterocycles. The van der Waals surface area contributed by atoms with E-state index in [-0.39, 0.29) is 0 Å². The molecule has 0 nitrogen and oxygen atoms in total. The first-order valence-corrected chi connectivity index (χ1v) is 9.10. The van der Waals surface area contributed by atoms with Crippen molar-refractivity contribution in [3.63, 3.8) is 0 Å². The standard InChI is InChI=1S/C3H9PTe/c1-4(2)5-3/h1-3H3. The minimum atomic E-state index is 0.475. The second-order valence-corrected chi connectivity index (χ2v) is 12.4. The monoisotopic (exact) mass is 206 g/mol. The van der Waals surface area contributed by atoms with Crippen molar-refractivity contribution in [3.05, 3.63) is 0 Å². The molecule has 0 aromatic rings. The van der Waals surface area contributed by atoms with E-state index in [9.17, 15) is 0 Å². The van der Waals surface area contributed by atoms with Crippen molar-refractivity contribution >= 4 is 26.0 Å². The molecule has 0 aromatic carbocycles. The molecule has 0 N–H and O–H groups in total. The van der Waals surface area contributed by atoms with Crippen molar-refractivity contribution < 1.29 is 0 Å². The molecule has 0 aliphatic carbocycles. The molecule has 5 heavy (non-hydrogen) atoms. The Morgan fingerprint density at radius 3 is 1.60 bits per heavy atom. The first-order chi connectivity index (χ1) is 2.27. The molecule has 0 bridgehead atoms. The molecule has 32 valence electrons. The van der Waals surface area contributed by atoms with E-state index in [1.165, 1.54) is 0 Å². The molecule has 0 heterocycles. The Morgan fingerprint density at radius 2 is 1.60 bits per heavy atom. The van der Waals surface area contributed by atoms with Crippen LogP contribution in [0.25, 0.3) is 0 Å². The molecule has 0 fully saturated rings. The SMILES string of the molecule is C[Te]P(C)C. The van der Waals surface area contributed by atoms with E-state index in [1.54, 1.807) is 0 Å². The van der Waals surface area contributed by atoms with E-state index in [1.807, 2.05) is 0 Å². The van der Waals surface area contributed by atoms with Gasteiger partial charge in [0.1, 0.15) is 0 Å². The molecule has 0 spiro atoms. The third kappa shape index (κ3) is 5.22. The van der Waals surface area contributed by atoms with Gasteiger partial charge in [-0.1, -0.05) is 0 Å². The van der Waals surface area contributed by atoms with Gasteiger partial charge in [-0.05, 0) is 0 Å². The zero-order valence-electron chi connectivity index (χ0n) is 3.86. The van der Waals surface area contributed by atoms with Gasteiger partial charge < -0.3 is 0 Å². The molecule has 0 amide bonds. The molecule has 2 heteroatoms. The Hall–Kier alpha value is 1.22. The first kappa shape index (κ1) is 6.22. The Bertz CT molecular complexity index is 20.9. The molecule has 0 saturated carbocycles. The summed E-state index contributed by atoms with van der Waals surface area (Å²) in [6.45, 7) is 4.69. The van der Waals surface area contributed by atoms with Crippen LogP contribution in [0, 0.1) is 0 Å². The maximum atomic E-state index is 2.36. The van der Waals surface area contributed by atoms with Crippen molar-refractivity contribution in [1.82, 2.24) is 0 Å². The van der Waals surface area contributed by atoms with Gasteiger partial charge in [0.25, 0.3) is 0 Å². The van der Waals surface area contributed by atoms with Crippen LogP contribution in [0.4, 0.5) is 0 Å². The van der Waals surface area contributed by atoms with Gasteiger partial charge in [0.15, 0.2) is 0 Å². The fourth-order valence-corrected chi connectivity index (χ4v) is 0. The summed E-state index contributed by atoms with van der Waals surface area (Å²) in [5.41, 5.74) is 0.532. The van der Waals surface area contributed by atoms with Crippen molar-refractivity contribution in [2.24, 2.45) is 0 Å². The van der Waals surface area contributed by atoms with E-state index < -0.39 is 0 Å². The van der Waals surface area contributed by atoms with Gasteiger partial charge in [-0.3, -0.25) is 0 Å². The summed E-state index contributed by atoms with van der Waals surface area (Å²) < 4.78 is 0. The zero-order chi connectivity index (χ0) is 4.28. The maximum absolute atomic E-state index is 2.36. The summed E-state index contributed by atoms with van der Waals surface area (Å²) in [5, 5.41) is 0. The Morgan fingerprint density at radius 1 is 1.40 bits per heavy atom. The summed E-state index contributed by atoms with van der Waals surface area (Å²) in [4.78, 5) is 2.36. The van der Waals surface area contributed by atoms with Crippen LogP contribution in [0.3, 0.4) is 0 Å². The summed E-state index contributed by atoms with van der Waals surface area (Å²) in [6.07, 6.45) is 0. The van der Waals surface area contributed by atoms with Gasteiger partial charge in [-0.25, -0.2) is 0 Å². The van der Waals surface area contributed by atoms with Crippen LogP contribution in [0.15, 0.2) is 0 Å². The molecule has 0 atom stereocenters. The van der Waals surface area contributed by atoms with Gasteiger partial charge in [0, 0.05) is 0 Å². The van der Waals surface area contributed by atoms with E-state index in [4.69, 9.17) is 0 Å². The summed E-state index contributed by atoms with van der Waals surface area (Å²) in [5.74, 6) is 0. The Balaban J connectivity index is 2.54. The molecule has 0 rings (SSSR count). The number of hydrogen-bond donors (Lipinski definition) is 0. The molecular formula is C3H9PTe. The Labute approximate surface area is 44.5 Å². The van der Waals surface area contributed by atoms with Crippen LogP contribution < -0.4 is 0 Å². The molecule has 0 aliphatic rings. The average molecular weight is 204 g/mol. The van der Waals surface area contributed by atoms with Crippen LogP contribution in [0.2, 0.25) is 4.97 Å². The molecule has 0 unspecified atom stereocenters. The van der Waals surface area contributed by atoms with Crippen LogP contribution in [-0.4, -0.2) is 33.7 Å². The first-order valence-electron chi connectivity index (χ1n) is 1.49. The predicted octanol–water partition coefficient (Wildman–Crippen LogP) is 1.40. The van der Waals surface area contributed by atoms with E-state index >= 15 is 0 Å². The van der Waals surface area contributed by atoms with Gasteiger partial charge in [-0.15, -0.1) is 0 Å². The van der Waals surface area contributed by atoms with Crippen molar-refractivity contribution in [1.29, 1.82) is 0 Å². The van der Waals surface area contributed by atoms with Crippen LogP contribution >= 0.6 is 5.61 Å². The fourth-order valence-electron chi connectivity index (χ4n) is 0. The third-order valence-electron chi connectivity index (χ3n) is 0.365. The van der Waals surface area contributed by atoms with E-state index in [2.05, 4.69) is 18.3 Å². The minimum absolute atomic E-state index is 0.475. The van der Waals surface area contributed by atoms with Gasteiger partial charge in [0.05, 0.1) is 0 Å². The molecule has 0 aliphatic heterocycles. The molecule has 0 radical (unpaired) electrons. The van der Waals surface area contributed by atoms with E-state index in [0.717, 1.165) is 0 Å². The normalized spacial score (nSPS) is 9.60. The van der Waals surface area contributed by atoms with Crippen LogP contribution in [0.5, 0.6) is 0 Å². The summed E-state index contributed by atoms with van der Waals surface area (Å²) >= 11 is 0.475. The number of hydrogen-bond acceptors (Lipinski definition) is 0. The van der Waals surface area contributed by atoms with Gasteiger partial charge >= 0.3 is 44.3 Å². The summed E-state index contributed by atoms with van der Waals surface area (Å²) in [6, 6.07) is 0.